The molecule has 2 saturated heterocycles. The van der Waals surface area contributed by atoms with Gasteiger partial charge in [0.25, 0.3) is 0 Å². The van der Waals surface area contributed by atoms with E-state index < -0.39 is 6.04 Å². The Kier molecular flexibility index (Phi) is 6.78. The number of nitrogens with zero attached hydrogens (tertiary/aromatic N) is 1. The molecule has 0 radical (unpaired) electrons. The molecule has 3 unspecified atom stereocenters. The molecule has 7 heteroatoms. The molecule has 3 rings (SSSR count). The SMILES string of the molecule is COc1cc(OC)cc(N2CCC(NC(=O)CC(C)C3CCCNC3)C2=O)c1. The fourth-order valence-electron chi connectivity index (χ4n) is 4.10. The number of methoxy groups -OCH3 is 2. The molecule has 0 aliphatic carbocycles. The highest BCUT2D eigenvalue weighted by molar-refractivity contribution is 6.01. The molecule has 2 heterocycles. The van der Waals surface area contributed by atoms with Crippen molar-refractivity contribution in [2.24, 2.45) is 11.8 Å². The molecule has 2 amide bonds. The lowest BCUT2D eigenvalue weighted by Gasteiger charge is -2.28. The highest BCUT2D eigenvalue weighted by Crippen LogP contribution is 2.31. The second-order valence-corrected chi connectivity index (χ2v) is 7.76. The number of hydrogen-bond donors (Lipinski definition) is 2. The van der Waals surface area contributed by atoms with Gasteiger partial charge in [0.05, 0.1) is 19.9 Å². The zero-order valence-corrected chi connectivity index (χ0v) is 17.0. The zero-order chi connectivity index (χ0) is 20.1. The Morgan fingerprint density at radius 2 is 1.96 bits per heavy atom. The van der Waals surface area contributed by atoms with Crippen molar-refractivity contribution in [1.82, 2.24) is 10.6 Å². The molecule has 0 spiro atoms. The first-order valence-corrected chi connectivity index (χ1v) is 10.1. The first kappa shape index (κ1) is 20.5. The van der Waals surface area contributed by atoms with Crippen molar-refractivity contribution >= 4 is 17.5 Å². The van der Waals surface area contributed by atoms with Gasteiger partial charge in [-0.05, 0) is 44.2 Å². The molecule has 1 aromatic rings. The van der Waals surface area contributed by atoms with Gasteiger partial charge in [-0.2, -0.15) is 0 Å². The molecule has 154 valence electrons. The number of hydrogen-bond acceptors (Lipinski definition) is 5. The molecule has 3 atom stereocenters. The second kappa shape index (κ2) is 9.28. The van der Waals surface area contributed by atoms with Crippen LogP contribution in [-0.2, 0) is 9.59 Å². The van der Waals surface area contributed by atoms with Crippen molar-refractivity contribution in [2.75, 3.05) is 38.8 Å². The number of rotatable bonds is 7. The largest absolute Gasteiger partial charge is 0.497 e. The fraction of sp³-hybridized carbons (Fsp3) is 0.619. The van der Waals surface area contributed by atoms with E-state index in [1.165, 1.54) is 0 Å². The molecular weight excluding hydrogens is 358 g/mol. The Hall–Kier alpha value is -2.28. The van der Waals surface area contributed by atoms with E-state index in [-0.39, 0.29) is 11.8 Å². The lowest BCUT2D eigenvalue weighted by Crippen LogP contribution is -2.43. The lowest BCUT2D eigenvalue weighted by atomic mass is 9.85. The summed E-state index contributed by atoms with van der Waals surface area (Å²) in [6.07, 6.45) is 3.39. The average molecular weight is 389 g/mol. The van der Waals surface area contributed by atoms with E-state index in [0.717, 1.165) is 31.6 Å². The highest BCUT2D eigenvalue weighted by atomic mass is 16.5. The lowest BCUT2D eigenvalue weighted by molar-refractivity contribution is -0.127. The number of amides is 2. The van der Waals surface area contributed by atoms with Gasteiger partial charge in [-0.15, -0.1) is 0 Å². The zero-order valence-electron chi connectivity index (χ0n) is 17.0. The van der Waals surface area contributed by atoms with Gasteiger partial charge in [-0.25, -0.2) is 0 Å². The number of piperidine rings is 1. The highest BCUT2D eigenvalue weighted by Gasteiger charge is 2.34. The molecule has 0 saturated carbocycles. The van der Waals surface area contributed by atoms with Crippen molar-refractivity contribution < 1.29 is 19.1 Å². The average Bonchev–Trinajstić information content (AvgIpc) is 3.08. The molecule has 0 aromatic heterocycles. The van der Waals surface area contributed by atoms with Crippen LogP contribution in [0.4, 0.5) is 5.69 Å². The second-order valence-electron chi connectivity index (χ2n) is 7.76. The van der Waals surface area contributed by atoms with Gasteiger partial charge < -0.3 is 25.0 Å². The van der Waals surface area contributed by atoms with Crippen LogP contribution < -0.4 is 25.0 Å². The summed E-state index contributed by atoms with van der Waals surface area (Å²) in [5.74, 6) is 1.97. The van der Waals surface area contributed by atoms with Crippen molar-refractivity contribution in [3.8, 4) is 11.5 Å². The molecule has 28 heavy (non-hydrogen) atoms. The van der Waals surface area contributed by atoms with E-state index in [2.05, 4.69) is 17.6 Å². The predicted octanol–water partition coefficient (Wildman–Crippen LogP) is 1.95. The summed E-state index contributed by atoms with van der Waals surface area (Å²) in [6.45, 7) is 4.73. The van der Waals surface area contributed by atoms with Crippen LogP contribution in [-0.4, -0.2) is 51.7 Å². The van der Waals surface area contributed by atoms with Crippen LogP contribution in [0.2, 0.25) is 0 Å². The van der Waals surface area contributed by atoms with Gasteiger partial charge >= 0.3 is 0 Å². The molecule has 1 aromatic carbocycles. The van der Waals surface area contributed by atoms with E-state index in [1.807, 2.05) is 12.1 Å². The van der Waals surface area contributed by atoms with Crippen LogP contribution in [0.15, 0.2) is 18.2 Å². The fourth-order valence-corrected chi connectivity index (χ4v) is 4.10. The molecule has 2 aliphatic heterocycles. The molecule has 2 fully saturated rings. The number of benzene rings is 1. The quantitative estimate of drug-likeness (QED) is 0.745. The van der Waals surface area contributed by atoms with E-state index in [0.29, 0.717) is 42.7 Å². The number of carbonyl (C=O) groups is 2. The predicted molar refractivity (Wildman–Crippen MR) is 108 cm³/mol. The standard InChI is InChI=1S/C21H31N3O4/c1-14(15-5-4-7-22-13-15)9-20(25)23-19-6-8-24(21(19)26)16-10-17(27-2)12-18(11-16)28-3/h10-12,14-15,19,22H,4-9,13H2,1-3H3,(H,23,25). The third-order valence-electron chi connectivity index (χ3n) is 5.84. The van der Waals surface area contributed by atoms with E-state index in [1.54, 1.807) is 25.2 Å². The van der Waals surface area contributed by atoms with Crippen LogP contribution in [0.1, 0.15) is 32.6 Å². The molecule has 7 nitrogen and oxygen atoms in total. The summed E-state index contributed by atoms with van der Waals surface area (Å²) in [6, 6.07) is 4.91. The maximum atomic E-state index is 12.8. The summed E-state index contributed by atoms with van der Waals surface area (Å²) < 4.78 is 10.6. The molecular formula is C21H31N3O4. The van der Waals surface area contributed by atoms with Crippen molar-refractivity contribution in [3.05, 3.63) is 18.2 Å². The van der Waals surface area contributed by atoms with Gasteiger partial charge in [0, 0.05) is 31.2 Å². The minimum Gasteiger partial charge on any atom is -0.497 e. The normalized spacial score (nSPS) is 23.4. The smallest absolute Gasteiger partial charge is 0.249 e. The van der Waals surface area contributed by atoms with Crippen LogP contribution in [0, 0.1) is 11.8 Å². The third kappa shape index (κ3) is 4.76. The van der Waals surface area contributed by atoms with Crippen LogP contribution >= 0.6 is 0 Å². The summed E-state index contributed by atoms with van der Waals surface area (Å²) in [5.41, 5.74) is 0.722. The Balaban J connectivity index is 1.58. The van der Waals surface area contributed by atoms with E-state index >= 15 is 0 Å². The van der Waals surface area contributed by atoms with Gasteiger partial charge in [0.1, 0.15) is 17.5 Å². The monoisotopic (exact) mass is 389 g/mol. The van der Waals surface area contributed by atoms with E-state index in [9.17, 15) is 9.59 Å². The van der Waals surface area contributed by atoms with Gasteiger partial charge in [0.15, 0.2) is 0 Å². The molecule has 2 aliphatic rings. The first-order valence-electron chi connectivity index (χ1n) is 10.1. The van der Waals surface area contributed by atoms with Gasteiger partial charge in [-0.1, -0.05) is 6.92 Å². The van der Waals surface area contributed by atoms with Gasteiger partial charge in [0.2, 0.25) is 11.8 Å². The maximum absolute atomic E-state index is 12.8. The number of ether oxygens (including phenoxy) is 2. The maximum Gasteiger partial charge on any atom is 0.249 e. The van der Waals surface area contributed by atoms with Crippen LogP contribution in [0.5, 0.6) is 11.5 Å². The molecule has 0 bridgehead atoms. The van der Waals surface area contributed by atoms with Crippen molar-refractivity contribution in [1.29, 1.82) is 0 Å². The third-order valence-corrected chi connectivity index (χ3v) is 5.84. The van der Waals surface area contributed by atoms with Crippen LogP contribution in [0.25, 0.3) is 0 Å². The summed E-state index contributed by atoms with van der Waals surface area (Å²) in [7, 11) is 3.16. The Morgan fingerprint density at radius 3 is 2.57 bits per heavy atom. The number of nitrogens with one attached hydrogen (secondary N) is 2. The van der Waals surface area contributed by atoms with Crippen LogP contribution in [0.3, 0.4) is 0 Å². The Labute approximate surface area is 166 Å². The minimum atomic E-state index is -0.471. The minimum absolute atomic E-state index is 0.0403. The summed E-state index contributed by atoms with van der Waals surface area (Å²) in [4.78, 5) is 27.0. The summed E-state index contributed by atoms with van der Waals surface area (Å²) in [5, 5.41) is 6.34. The Bertz CT molecular complexity index is 681. The van der Waals surface area contributed by atoms with Gasteiger partial charge in [-0.3, -0.25) is 9.59 Å². The first-order chi connectivity index (χ1) is 13.5. The summed E-state index contributed by atoms with van der Waals surface area (Å²) >= 11 is 0. The topological polar surface area (TPSA) is 79.9 Å². The number of anilines is 1. The number of carbonyl (C=O) groups excluding carboxylic acids is 2. The molecule has 2 N–H and O–H groups in total. The van der Waals surface area contributed by atoms with Crippen molar-refractivity contribution in [3.63, 3.8) is 0 Å². The Morgan fingerprint density at radius 1 is 1.25 bits per heavy atom. The van der Waals surface area contributed by atoms with Crippen molar-refractivity contribution in [2.45, 2.75) is 38.6 Å². The van der Waals surface area contributed by atoms with E-state index in [4.69, 9.17) is 9.47 Å².